The SMILES string of the molecule is Cc1nn(Cc2cc(CNC3CC3)sc2C)c(C)c1Br. The van der Waals surface area contributed by atoms with Crippen molar-refractivity contribution in [1.82, 2.24) is 15.1 Å². The molecule has 0 saturated heterocycles. The molecule has 0 bridgehead atoms. The van der Waals surface area contributed by atoms with Crippen LogP contribution < -0.4 is 5.32 Å². The summed E-state index contributed by atoms with van der Waals surface area (Å²) in [5.41, 5.74) is 3.65. The summed E-state index contributed by atoms with van der Waals surface area (Å²) in [6.07, 6.45) is 2.69. The summed E-state index contributed by atoms with van der Waals surface area (Å²) in [6.45, 7) is 8.24. The highest BCUT2D eigenvalue weighted by Crippen LogP contribution is 2.26. The lowest BCUT2D eigenvalue weighted by Crippen LogP contribution is -2.14. The van der Waals surface area contributed by atoms with Crippen molar-refractivity contribution in [3.8, 4) is 0 Å². The van der Waals surface area contributed by atoms with E-state index >= 15 is 0 Å². The van der Waals surface area contributed by atoms with Crippen LogP contribution in [-0.4, -0.2) is 15.8 Å². The molecule has 1 aliphatic carbocycles. The maximum Gasteiger partial charge on any atom is 0.0738 e. The highest BCUT2D eigenvalue weighted by molar-refractivity contribution is 9.10. The number of nitrogens with zero attached hydrogens (tertiary/aromatic N) is 2. The second-order valence-corrected chi connectivity index (χ2v) is 7.73. The molecule has 2 aromatic rings. The van der Waals surface area contributed by atoms with Crippen LogP contribution >= 0.6 is 27.3 Å². The zero-order chi connectivity index (χ0) is 14.3. The molecule has 1 fully saturated rings. The second kappa shape index (κ2) is 5.62. The van der Waals surface area contributed by atoms with E-state index in [0.717, 1.165) is 29.3 Å². The van der Waals surface area contributed by atoms with Crippen LogP contribution in [0.1, 0.15) is 39.5 Å². The molecule has 0 amide bonds. The Hall–Kier alpha value is -0.650. The van der Waals surface area contributed by atoms with Crippen molar-refractivity contribution in [2.75, 3.05) is 0 Å². The van der Waals surface area contributed by atoms with Gasteiger partial charge in [-0.25, -0.2) is 0 Å². The first-order valence-electron chi connectivity index (χ1n) is 7.05. The summed E-state index contributed by atoms with van der Waals surface area (Å²) < 4.78 is 3.22. The van der Waals surface area contributed by atoms with Gasteiger partial charge in [-0.1, -0.05) is 0 Å². The lowest BCUT2D eigenvalue weighted by Gasteiger charge is -2.03. The Kier molecular flexibility index (Phi) is 4.02. The third-order valence-electron chi connectivity index (χ3n) is 3.83. The standard InChI is InChI=1S/C15H20BrN3S/c1-9-15(16)10(2)19(18-9)8-12-6-14(20-11(12)3)7-17-13-4-5-13/h6,13,17H,4-5,7-8H2,1-3H3. The third kappa shape index (κ3) is 3.00. The Bertz CT molecular complexity index is 625. The van der Waals surface area contributed by atoms with Gasteiger partial charge in [0.05, 0.1) is 22.4 Å². The first-order chi connectivity index (χ1) is 9.54. The van der Waals surface area contributed by atoms with Gasteiger partial charge in [0, 0.05) is 22.3 Å². The molecule has 0 spiro atoms. The maximum atomic E-state index is 4.60. The average molecular weight is 354 g/mol. The third-order valence-corrected chi connectivity index (χ3v) is 6.07. The second-order valence-electron chi connectivity index (χ2n) is 5.59. The van der Waals surface area contributed by atoms with Gasteiger partial charge in [0.15, 0.2) is 0 Å². The molecule has 2 aromatic heterocycles. The lowest BCUT2D eigenvalue weighted by molar-refractivity contribution is 0.656. The van der Waals surface area contributed by atoms with Crippen molar-refractivity contribution in [2.45, 2.75) is 52.7 Å². The molecule has 1 saturated carbocycles. The molecule has 3 rings (SSSR count). The Morgan fingerprint density at radius 1 is 1.40 bits per heavy atom. The van der Waals surface area contributed by atoms with E-state index < -0.39 is 0 Å². The monoisotopic (exact) mass is 353 g/mol. The zero-order valence-corrected chi connectivity index (χ0v) is 14.6. The van der Waals surface area contributed by atoms with E-state index in [-0.39, 0.29) is 0 Å². The van der Waals surface area contributed by atoms with Gasteiger partial charge < -0.3 is 5.32 Å². The lowest BCUT2D eigenvalue weighted by atomic mass is 10.2. The van der Waals surface area contributed by atoms with E-state index in [1.165, 1.54) is 33.9 Å². The Morgan fingerprint density at radius 3 is 2.75 bits per heavy atom. The van der Waals surface area contributed by atoms with Crippen LogP contribution in [-0.2, 0) is 13.1 Å². The molecule has 5 heteroatoms. The van der Waals surface area contributed by atoms with Gasteiger partial charge in [-0.05, 0) is 61.2 Å². The van der Waals surface area contributed by atoms with Crippen molar-refractivity contribution < 1.29 is 0 Å². The van der Waals surface area contributed by atoms with Gasteiger partial charge in [0.2, 0.25) is 0 Å². The summed E-state index contributed by atoms with van der Waals surface area (Å²) in [6, 6.07) is 3.10. The number of hydrogen-bond acceptors (Lipinski definition) is 3. The van der Waals surface area contributed by atoms with E-state index in [4.69, 9.17) is 0 Å². The molecule has 0 aromatic carbocycles. The number of thiophene rings is 1. The van der Waals surface area contributed by atoms with Crippen LogP contribution in [0.15, 0.2) is 10.5 Å². The first-order valence-corrected chi connectivity index (χ1v) is 8.66. The van der Waals surface area contributed by atoms with Crippen LogP contribution in [0.3, 0.4) is 0 Å². The van der Waals surface area contributed by atoms with Crippen molar-refractivity contribution in [2.24, 2.45) is 0 Å². The molecule has 0 atom stereocenters. The van der Waals surface area contributed by atoms with Crippen LogP contribution in [0.5, 0.6) is 0 Å². The minimum Gasteiger partial charge on any atom is -0.309 e. The summed E-state index contributed by atoms with van der Waals surface area (Å²) >= 11 is 5.50. The smallest absolute Gasteiger partial charge is 0.0738 e. The molecule has 0 radical (unpaired) electrons. The number of aromatic nitrogens is 2. The van der Waals surface area contributed by atoms with Crippen molar-refractivity contribution in [3.05, 3.63) is 37.2 Å². The molecular formula is C15H20BrN3S. The van der Waals surface area contributed by atoms with Crippen LogP contribution in [0, 0.1) is 20.8 Å². The molecule has 0 aliphatic heterocycles. The van der Waals surface area contributed by atoms with Gasteiger partial charge in [-0.3, -0.25) is 4.68 Å². The predicted octanol–water partition coefficient (Wildman–Crippen LogP) is 3.93. The quantitative estimate of drug-likeness (QED) is 0.882. The number of hydrogen-bond donors (Lipinski definition) is 1. The molecule has 20 heavy (non-hydrogen) atoms. The fraction of sp³-hybridized carbons (Fsp3) is 0.533. The summed E-state index contributed by atoms with van der Waals surface area (Å²) in [4.78, 5) is 2.84. The van der Waals surface area contributed by atoms with Crippen LogP contribution in [0.25, 0.3) is 0 Å². The fourth-order valence-electron chi connectivity index (χ4n) is 2.35. The Labute approximate surface area is 132 Å². The maximum absolute atomic E-state index is 4.60. The number of aryl methyl sites for hydroxylation is 2. The van der Waals surface area contributed by atoms with Crippen LogP contribution in [0.2, 0.25) is 0 Å². The zero-order valence-electron chi connectivity index (χ0n) is 12.2. The molecular weight excluding hydrogens is 334 g/mol. The van der Waals surface area contributed by atoms with Gasteiger partial charge in [-0.15, -0.1) is 11.3 Å². The largest absolute Gasteiger partial charge is 0.309 e. The predicted molar refractivity (Wildman–Crippen MR) is 87.4 cm³/mol. The molecule has 2 heterocycles. The van der Waals surface area contributed by atoms with Crippen molar-refractivity contribution >= 4 is 27.3 Å². The molecule has 108 valence electrons. The highest BCUT2D eigenvalue weighted by atomic mass is 79.9. The normalized spacial score (nSPS) is 15.0. The summed E-state index contributed by atoms with van der Waals surface area (Å²) in [5, 5.41) is 8.18. The van der Waals surface area contributed by atoms with E-state index in [1.54, 1.807) is 0 Å². The molecule has 3 nitrogen and oxygen atoms in total. The number of nitrogens with one attached hydrogen (secondary N) is 1. The van der Waals surface area contributed by atoms with Gasteiger partial charge in [-0.2, -0.15) is 5.10 Å². The van der Waals surface area contributed by atoms with Crippen molar-refractivity contribution in [3.63, 3.8) is 0 Å². The minimum atomic E-state index is 0.771. The average Bonchev–Trinajstić information content (AvgIpc) is 3.14. The molecule has 1 N–H and O–H groups in total. The first kappa shape index (κ1) is 14.3. The van der Waals surface area contributed by atoms with E-state index in [2.05, 4.69) is 50.9 Å². The van der Waals surface area contributed by atoms with Crippen LogP contribution in [0.4, 0.5) is 0 Å². The summed E-state index contributed by atoms with van der Waals surface area (Å²) in [5.74, 6) is 0. The Balaban J connectivity index is 1.74. The summed E-state index contributed by atoms with van der Waals surface area (Å²) in [7, 11) is 0. The van der Waals surface area contributed by atoms with E-state index in [1.807, 2.05) is 18.3 Å². The fourth-order valence-corrected chi connectivity index (χ4v) is 3.64. The number of halogens is 1. The highest BCUT2D eigenvalue weighted by Gasteiger charge is 2.20. The van der Waals surface area contributed by atoms with Gasteiger partial charge >= 0.3 is 0 Å². The number of rotatable bonds is 5. The molecule has 1 aliphatic rings. The topological polar surface area (TPSA) is 29.9 Å². The minimum absolute atomic E-state index is 0.771. The van der Waals surface area contributed by atoms with Crippen molar-refractivity contribution in [1.29, 1.82) is 0 Å². The van der Waals surface area contributed by atoms with Gasteiger partial charge in [0.1, 0.15) is 0 Å². The molecule has 0 unspecified atom stereocenters. The van der Waals surface area contributed by atoms with E-state index in [9.17, 15) is 0 Å². The Morgan fingerprint density at radius 2 is 2.15 bits per heavy atom. The van der Waals surface area contributed by atoms with E-state index in [0.29, 0.717) is 0 Å². The van der Waals surface area contributed by atoms with Gasteiger partial charge in [0.25, 0.3) is 0 Å².